The van der Waals surface area contributed by atoms with E-state index in [1.54, 1.807) is 39.0 Å². The van der Waals surface area contributed by atoms with Crippen LogP contribution in [0.2, 0.25) is 0 Å². The number of aliphatic hydroxyl groups is 1. The standard InChI is InChI=1S/C29H42N2O9/c1-15-9-8-10-22(37-5)27(40-29(30)36)17(3)11-16(2)24(33)23(38-6)12-18(4)26(39-7)20-13-19(32)14-21(25(20)34)31-28(15)35/h8-11,13-14,16,18,22-24,26-27,32-34H,12H2,1-7H3,(H2,30,36)(H,31,35)/b10-8+,15-9-,17-11+/t16-,18-,22-,23-,24+,26+,27-/m0/s1. The largest absolute Gasteiger partial charge is 0.508 e. The number of anilines is 1. The van der Waals surface area contributed by atoms with E-state index >= 15 is 0 Å². The van der Waals surface area contributed by atoms with Crippen molar-refractivity contribution in [1.29, 1.82) is 0 Å². The van der Waals surface area contributed by atoms with E-state index in [1.165, 1.54) is 39.5 Å². The van der Waals surface area contributed by atoms with Crippen molar-refractivity contribution in [2.45, 2.75) is 64.6 Å². The first-order valence-corrected chi connectivity index (χ1v) is 13.0. The first-order chi connectivity index (χ1) is 18.8. The number of carbonyl (C=O) groups is 2. The minimum Gasteiger partial charge on any atom is -0.508 e. The van der Waals surface area contributed by atoms with Gasteiger partial charge < -0.3 is 45.3 Å². The van der Waals surface area contributed by atoms with E-state index in [-0.39, 0.29) is 34.2 Å². The Bertz CT molecular complexity index is 1130. The van der Waals surface area contributed by atoms with Gasteiger partial charge in [0.1, 0.15) is 17.6 Å². The van der Waals surface area contributed by atoms with Crippen LogP contribution in [0.4, 0.5) is 10.5 Å². The molecule has 0 aromatic heterocycles. The number of carbonyl (C=O) groups excluding carboxylic acids is 2. The van der Waals surface area contributed by atoms with Gasteiger partial charge >= 0.3 is 6.09 Å². The van der Waals surface area contributed by atoms with Crippen LogP contribution in [-0.4, -0.2) is 73.1 Å². The van der Waals surface area contributed by atoms with Crippen LogP contribution in [0.1, 0.15) is 45.8 Å². The maximum absolute atomic E-state index is 12.9. The van der Waals surface area contributed by atoms with Crippen LogP contribution in [-0.2, 0) is 23.7 Å². The van der Waals surface area contributed by atoms with Gasteiger partial charge in [0.05, 0.1) is 24.0 Å². The maximum Gasteiger partial charge on any atom is 0.405 e. The van der Waals surface area contributed by atoms with Crippen LogP contribution in [0.15, 0.2) is 47.6 Å². The Balaban J connectivity index is 2.67. The number of nitrogens with one attached hydrogen (secondary N) is 1. The number of aliphatic hydroxyl groups excluding tert-OH is 1. The van der Waals surface area contributed by atoms with Crippen LogP contribution in [0.25, 0.3) is 0 Å². The number of ether oxygens (including phenoxy) is 4. The normalized spacial score (nSPS) is 32.2. The van der Waals surface area contributed by atoms with Gasteiger partial charge in [0, 0.05) is 44.5 Å². The number of rotatable bonds is 4. The summed E-state index contributed by atoms with van der Waals surface area (Å²) >= 11 is 0. The number of phenolic OH excluding ortho intramolecular Hbond substituents is 2. The second kappa shape index (κ2) is 14.8. The molecular formula is C29H42N2O9. The summed E-state index contributed by atoms with van der Waals surface area (Å²) in [6.45, 7) is 6.97. The topological polar surface area (TPSA) is 170 Å². The van der Waals surface area contributed by atoms with E-state index in [0.717, 1.165) is 0 Å². The van der Waals surface area contributed by atoms with Crippen molar-refractivity contribution in [2.75, 3.05) is 26.6 Å². The molecule has 2 bridgehead atoms. The Morgan fingerprint density at radius 1 is 1.05 bits per heavy atom. The molecule has 0 saturated carbocycles. The maximum atomic E-state index is 12.9. The summed E-state index contributed by atoms with van der Waals surface area (Å²) in [7, 11) is 4.39. The van der Waals surface area contributed by atoms with E-state index < -0.39 is 48.4 Å². The van der Waals surface area contributed by atoms with Gasteiger partial charge in [-0.15, -0.1) is 0 Å². The number of hydrogen-bond acceptors (Lipinski definition) is 9. The average Bonchev–Trinajstić information content (AvgIpc) is 2.90. The minimum atomic E-state index is -0.995. The number of hydrogen-bond donors (Lipinski definition) is 5. The van der Waals surface area contributed by atoms with Gasteiger partial charge in [-0.3, -0.25) is 4.79 Å². The zero-order valence-electron chi connectivity index (χ0n) is 24.1. The number of fused-ring (bicyclic) bond motifs is 2. The number of nitrogens with two attached hydrogens (primary N) is 1. The molecule has 1 heterocycles. The third kappa shape index (κ3) is 8.31. The third-order valence-corrected chi connectivity index (χ3v) is 7.07. The molecule has 0 radical (unpaired) electrons. The van der Waals surface area contributed by atoms with E-state index in [1.807, 2.05) is 6.92 Å². The molecule has 11 nitrogen and oxygen atoms in total. The summed E-state index contributed by atoms with van der Waals surface area (Å²) in [6, 6.07) is 2.62. The van der Waals surface area contributed by atoms with Gasteiger partial charge in [0.15, 0.2) is 6.10 Å². The van der Waals surface area contributed by atoms with Crippen molar-refractivity contribution in [1.82, 2.24) is 0 Å². The molecule has 0 spiro atoms. The summed E-state index contributed by atoms with van der Waals surface area (Å²) in [4.78, 5) is 24.6. The molecule has 1 aromatic rings. The predicted molar refractivity (Wildman–Crippen MR) is 150 cm³/mol. The van der Waals surface area contributed by atoms with Crippen molar-refractivity contribution in [2.24, 2.45) is 17.6 Å². The van der Waals surface area contributed by atoms with Crippen LogP contribution in [0.5, 0.6) is 11.5 Å². The average molecular weight is 563 g/mol. The number of amides is 2. The highest BCUT2D eigenvalue weighted by Crippen LogP contribution is 2.41. The highest BCUT2D eigenvalue weighted by molar-refractivity contribution is 6.04. The molecule has 7 atom stereocenters. The summed E-state index contributed by atoms with van der Waals surface area (Å²) in [5, 5.41) is 35.3. The second-order valence-electron chi connectivity index (χ2n) is 10.1. The Hall–Kier alpha value is -3.38. The van der Waals surface area contributed by atoms with Gasteiger partial charge in [-0.2, -0.15) is 0 Å². The molecule has 11 heteroatoms. The van der Waals surface area contributed by atoms with Gasteiger partial charge in [-0.1, -0.05) is 38.2 Å². The lowest BCUT2D eigenvalue weighted by Crippen LogP contribution is -2.37. The van der Waals surface area contributed by atoms with Crippen molar-refractivity contribution >= 4 is 17.7 Å². The van der Waals surface area contributed by atoms with Crippen LogP contribution < -0.4 is 11.1 Å². The van der Waals surface area contributed by atoms with Crippen molar-refractivity contribution in [3.63, 3.8) is 0 Å². The third-order valence-electron chi connectivity index (χ3n) is 7.07. The molecule has 0 unspecified atom stereocenters. The van der Waals surface area contributed by atoms with E-state index in [0.29, 0.717) is 12.0 Å². The van der Waals surface area contributed by atoms with Crippen LogP contribution in [0, 0.1) is 11.8 Å². The molecule has 40 heavy (non-hydrogen) atoms. The first kappa shape index (κ1) is 32.8. The SMILES string of the molecule is CO[C@H]1/C=C/C=C(/C)C(=O)Nc2cc(O)cc(c2O)[C@H](OC)[C@@H](C)C[C@H](OC)[C@H](O)[C@@H](C)/C=C(\C)[C@@H]1OC(N)=O. The zero-order chi connectivity index (χ0) is 30.1. The van der Waals surface area contributed by atoms with E-state index in [9.17, 15) is 24.9 Å². The fourth-order valence-corrected chi connectivity index (χ4v) is 4.88. The fraction of sp³-hybridized carbons (Fsp3) is 0.517. The lowest BCUT2D eigenvalue weighted by Gasteiger charge is -2.32. The Morgan fingerprint density at radius 2 is 1.73 bits per heavy atom. The Labute approximate surface area is 235 Å². The summed E-state index contributed by atoms with van der Waals surface area (Å²) in [5.74, 6) is -1.70. The highest BCUT2D eigenvalue weighted by atomic mass is 16.6. The molecule has 0 saturated heterocycles. The smallest absolute Gasteiger partial charge is 0.405 e. The lowest BCUT2D eigenvalue weighted by atomic mass is 9.86. The number of aromatic hydroxyl groups is 2. The first-order valence-electron chi connectivity index (χ1n) is 13.0. The van der Waals surface area contributed by atoms with E-state index in [2.05, 4.69) is 5.32 Å². The molecule has 2 amide bonds. The van der Waals surface area contributed by atoms with Gasteiger partial charge in [-0.05, 0) is 37.8 Å². The molecule has 2 rings (SSSR count). The molecule has 1 aliphatic heterocycles. The molecule has 1 aromatic carbocycles. The number of benzene rings is 1. The van der Waals surface area contributed by atoms with Crippen LogP contribution in [0.3, 0.4) is 0 Å². The summed E-state index contributed by atoms with van der Waals surface area (Å²) < 4.78 is 22.3. The number of allylic oxidation sites excluding steroid dienone is 2. The minimum absolute atomic E-state index is 0.00496. The molecule has 0 fully saturated rings. The predicted octanol–water partition coefficient (Wildman–Crippen LogP) is 3.70. The summed E-state index contributed by atoms with van der Waals surface area (Å²) in [6.07, 6.45) is 1.78. The zero-order valence-corrected chi connectivity index (χ0v) is 24.1. The van der Waals surface area contributed by atoms with Gasteiger partial charge in [-0.25, -0.2) is 4.79 Å². The number of methoxy groups -OCH3 is 3. The quantitative estimate of drug-likeness (QED) is 0.209. The Morgan fingerprint density at radius 3 is 2.30 bits per heavy atom. The van der Waals surface area contributed by atoms with Crippen molar-refractivity contribution in [3.8, 4) is 11.5 Å². The monoisotopic (exact) mass is 562 g/mol. The van der Waals surface area contributed by atoms with E-state index in [4.69, 9.17) is 24.7 Å². The fourth-order valence-electron chi connectivity index (χ4n) is 4.88. The lowest BCUT2D eigenvalue weighted by molar-refractivity contribution is -0.112. The van der Waals surface area contributed by atoms with Gasteiger partial charge in [0.25, 0.3) is 5.91 Å². The highest BCUT2D eigenvalue weighted by Gasteiger charge is 2.32. The van der Waals surface area contributed by atoms with Crippen LogP contribution >= 0.6 is 0 Å². The summed E-state index contributed by atoms with van der Waals surface area (Å²) in [5.41, 5.74) is 6.48. The molecular weight excluding hydrogens is 520 g/mol. The molecule has 6 N–H and O–H groups in total. The van der Waals surface area contributed by atoms with Gasteiger partial charge in [0.2, 0.25) is 0 Å². The number of primary amides is 1. The second-order valence-corrected chi connectivity index (χ2v) is 10.1. The Kier molecular flexibility index (Phi) is 12.2. The molecule has 1 aliphatic rings. The number of phenols is 2. The molecule has 222 valence electrons. The van der Waals surface area contributed by atoms with Crippen molar-refractivity contribution in [3.05, 3.63) is 53.1 Å². The molecule has 0 aliphatic carbocycles. The van der Waals surface area contributed by atoms with Crippen molar-refractivity contribution < 1.29 is 43.9 Å².